The first-order chi connectivity index (χ1) is 11.3. The van der Waals surface area contributed by atoms with Crippen LogP contribution in [-0.2, 0) is 0 Å². The molecule has 5 heteroatoms. The molecule has 0 spiro atoms. The Morgan fingerprint density at radius 2 is 1.65 bits per heavy atom. The molecule has 0 aliphatic rings. The van der Waals surface area contributed by atoms with Gasteiger partial charge in [-0.25, -0.2) is 0 Å². The van der Waals surface area contributed by atoms with Crippen molar-refractivity contribution in [1.29, 1.82) is 5.26 Å². The molecule has 2 aromatic carbocycles. The van der Waals surface area contributed by atoms with E-state index >= 15 is 0 Å². The zero-order valence-electron chi connectivity index (χ0n) is 12.1. The Morgan fingerprint density at radius 1 is 0.913 bits per heavy atom. The van der Waals surface area contributed by atoms with Crippen LogP contribution in [0.25, 0.3) is 0 Å². The molecule has 23 heavy (non-hydrogen) atoms. The molecule has 0 N–H and O–H groups in total. The average molecular weight is 338 g/mol. The van der Waals surface area contributed by atoms with Gasteiger partial charge in [0, 0.05) is 9.92 Å². The van der Waals surface area contributed by atoms with E-state index in [0.717, 1.165) is 15.5 Å². The van der Waals surface area contributed by atoms with Crippen LogP contribution in [0.15, 0.2) is 76.7 Å². The molecule has 3 rings (SSSR count). The van der Waals surface area contributed by atoms with Gasteiger partial charge in [0.25, 0.3) is 0 Å². The molecule has 112 valence electrons. The zero-order chi connectivity index (χ0) is 16.1. The van der Waals surface area contributed by atoms with Crippen molar-refractivity contribution < 1.29 is 0 Å². The van der Waals surface area contributed by atoms with Gasteiger partial charge in [0.05, 0.1) is 11.8 Å². The fourth-order valence-electron chi connectivity index (χ4n) is 2.11. The summed E-state index contributed by atoms with van der Waals surface area (Å²) >= 11 is 7.43. The lowest BCUT2D eigenvalue weighted by Gasteiger charge is -2.09. The number of halogens is 1. The number of benzene rings is 2. The minimum atomic E-state index is -0.449. The van der Waals surface area contributed by atoms with Gasteiger partial charge >= 0.3 is 0 Å². The summed E-state index contributed by atoms with van der Waals surface area (Å²) in [5.74, 6) is -0.449. The molecule has 1 aromatic heterocycles. The molecule has 0 aliphatic heterocycles. The van der Waals surface area contributed by atoms with E-state index in [0.29, 0.717) is 10.7 Å². The van der Waals surface area contributed by atoms with Crippen LogP contribution in [0.3, 0.4) is 0 Å². The first kappa shape index (κ1) is 15.5. The molecular formula is C18H12ClN3S. The molecule has 0 aliphatic carbocycles. The van der Waals surface area contributed by atoms with Crippen molar-refractivity contribution in [2.24, 2.45) is 0 Å². The van der Waals surface area contributed by atoms with Gasteiger partial charge in [0.1, 0.15) is 10.9 Å². The van der Waals surface area contributed by atoms with Crippen LogP contribution < -0.4 is 0 Å². The second-order valence-corrected chi connectivity index (χ2v) is 6.36. The minimum Gasteiger partial charge on any atom is -0.197 e. The third-order valence-corrected chi connectivity index (χ3v) is 4.44. The molecule has 0 unspecified atom stereocenters. The lowest BCUT2D eigenvalue weighted by molar-refractivity contribution is 0.837. The van der Waals surface area contributed by atoms with Crippen molar-refractivity contribution in [3.63, 3.8) is 0 Å². The number of nitrogens with zero attached hydrogens (tertiary/aromatic N) is 3. The average Bonchev–Trinajstić information content (AvgIpc) is 2.60. The third-order valence-electron chi connectivity index (χ3n) is 3.25. The molecule has 0 saturated heterocycles. The predicted molar refractivity (Wildman–Crippen MR) is 91.5 cm³/mol. The maximum absolute atomic E-state index is 9.45. The fourth-order valence-corrected chi connectivity index (χ4v) is 2.99. The van der Waals surface area contributed by atoms with Gasteiger partial charge in [-0.05, 0) is 42.0 Å². The van der Waals surface area contributed by atoms with Gasteiger partial charge in [-0.3, -0.25) is 0 Å². The highest BCUT2D eigenvalue weighted by Crippen LogP contribution is 2.27. The van der Waals surface area contributed by atoms with Crippen LogP contribution in [0.4, 0.5) is 0 Å². The van der Waals surface area contributed by atoms with Gasteiger partial charge in [-0.15, -0.1) is 5.10 Å². The smallest absolute Gasteiger partial charge is 0.124 e. The minimum absolute atomic E-state index is 0.449. The Morgan fingerprint density at radius 3 is 2.26 bits per heavy atom. The summed E-state index contributed by atoms with van der Waals surface area (Å²) in [7, 11) is 0. The van der Waals surface area contributed by atoms with Crippen molar-refractivity contribution in [1.82, 2.24) is 10.2 Å². The summed E-state index contributed by atoms with van der Waals surface area (Å²) in [5, 5.41) is 19.3. The van der Waals surface area contributed by atoms with Gasteiger partial charge in [-0.1, -0.05) is 53.7 Å². The Labute approximate surface area is 144 Å². The summed E-state index contributed by atoms with van der Waals surface area (Å²) in [5.41, 5.74) is 1.49. The summed E-state index contributed by atoms with van der Waals surface area (Å²) in [4.78, 5) is 1.10. The Bertz CT molecular complexity index is 812. The molecule has 1 atom stereocenters. The van der Waals surface area contributed by atoms with E-state index in [1.165, 1.54) is 11.8 Å². The van der Waals surface area contributed by atoms with Crippen LogP contribution in [0.1, 0.15) is 17.2 Å². The zero-order valence-corrected chi connectivity index (χ0v) is 13.6. The quantitative estimate of drug-likeness (QED) is 0.676. The molecule has 0 fully saturated rings. The highest BCUT2D eigenvalue weighted by molar-refractivity contribution is 7.99. The lowest BCUT2D eigenvalue weighted by Crippen LogP contribution is -2.02. The van der Waals surface area contributed by atoms with Crippen LogP contribution in [0, 0.1) is 11.3 Å². The van der Waals surface area contributed by atoms with E-state index in [9.17, 15) is 5.26 Å². The second-order valence-electron chi connectivity index (χ2n) is 4.83. The van der Waals surface area contributed by atoms with E-state index < -0.39 is 5.92 Å². The van der Waals surface area contributed by atoms with Crippen LogP contribution >= 0.6 is 23.4 Å². The summed E-state index contributed by atoms with van der Waals surface area (Å²) in [6, 6.07) is 23.2. The number of rotatable bonds is 4. The Hall–Kier alpha value is -2.35. The van der Waals surface area contributed by atoms with Crippen molar-refractivity contribution in [3.05, 3.63) is 83.0 Å². The first-order valence-corrected chi connectivity index (χ1v) is 8.17. The molecule has 3 nitrogen and oxygen atoms in total. The summed E-state index contributed by atoms with van der Waals surface area (Å²) in [6.07, 6.45) is 0. The summed E-state index contributed by atoms with van der Waals surface area (Å²) in [6.45, 7) is 0. The highest BCUT2D eigenvalue weighted by Gasteiger charge is 2.15. The normalized spacial score (nSPS) is 11.7. The third kappa shape index (κ3) is 3.89. The second kappa shape index (κ2) is 7.28. The van der Waals surface area contributed by atoms with E-state index in [1.54, 1.807) is 12.1 Å². The molecule has 3 aromatic rings. The van der Waals surface area contributed by atoms with E-state index in [4.69, 9.17) is 11.6 Å². The fraction of sp³-hybridized carbons (Fsp3) is 0.0556. The van der Waals surface area contributed by atoms with E-state index in [2.05, 4.69) is 16.3 Å². The highest BCUT2D eigenvalue weighted by atomic mass is 35.5. The van der Waals surface area contributed by atoms with Crippen molar-refractivity contribution in [2.75, 3.05) is 0 Å². The molecule has 0 saturated carbocycles. The van der Waals surface area contributed by atoms with Gasteiger partial charge in [-0.2, -0.15) is 10.4 Å². The van der Waals surface area contributed by atoms with Crippen LogP contribution in [0.2, 0.25) is 5.02 Å². The predicted octanol–water partition coefficient (Wildman–Crippen LogP) is 4.94. The Kier molecular flexibility index (Phi) is 4.92. The van der Waals surface area contributed by atoms with Crippen molar-refractivity contribution >= 4 is 23.4 Å². The maximum Gasteiger partial charge on any atom is 0.124 e. The summed E-state index contributed by atoms with van der Waals surface area (Å²) < 4.78 is 0. The number of nitriles is 1. The maximum atomic E-state index is 9.45. The van der Waals surface area contributed by atoms with E-state index in [1.807, 2.05) is 54.6 Å². The lowest BCUT2D eigenvalue weighted by atomic mass is 9.97. The molecule has 0 radical (unpaired) electrons. The number of hydrogen-bond donors (Lipinski definition) is 0. The van der Waals surface area contributed by atoms with E-state index in [-0.39, 0.29) is 0 Å². The standard InChI is InChI=1S/C18H12ClN3S/c19-14-8-6-13(7-9-14)16(12-20)17-10-11-18(22-21-17)23-15-4-2-1-3-5-15/h1-11,16H/t16-/m0/s1. The topological polar surface area (TPSA) is 49.6 Å². The van der Waals surface area contributed by atoms with Gasteiger partial charge < -0.3 is 0 Å². The molecule has 1 heterocycles. The monoisotopic (exact) mass is 337 g/mol. The molecule has 0 bridgehead atoms. The van der Waals surface area contributed by atoms with Crippen molar-refractivity contribution in [2.45, 2.75) is 15.8 Å². The SMILES string of the molecule is N#C[C@@H](c1ccc(Cl)cc1)c1ccc(Sc2ccccc2)nn1. The Balaban J connectivity index is 1.80. The van der Waals surface area contributed by atoms with Crippen LogP contribution in [-0.4, -0.2) is 10.2 Å². The number of aromatic nitrogens is 2. The first-order valence-electron chi connectivity index (χ1n) is 6.98. The number of hydrogen-bond acceptors (Lipinski definition) is 4. The molecule has 0 amide bonds. The molecular weight excluding hydrogens is 326 g/mol. The van der Waals surface area contributed by atoms with Crippen LogP contribution in [0.5, 0.6) is 0 Å². The largest absolute Gasteiger partial charge is 0.197 e. The van der Waals surface area contributed by atoms with Gasteiger partial charge in [0.15, 0.2) is 0 Å². The van der Waals surface area contributed by atoms with Crippen molar-refractivity contribution in [3.8, 4) is 6.07 Å². The van der Waals surface area contributed by atoms with Gasteiger partial charge in [0.2, 0.25) is 0 Å².